The van der Waals surface area contributed by atoms with Gasteiger partial charge in [0, 0.05) is 18.7 Å². The van der Waals surface area contributed by atoms with Crippen LogP contribution in [0.15, 0.2) is 0 Å². The number of nitrogens with one attached hydrogen (secondary N) is 1. The lowest BCUT2D eigenvalue weighted by molar-refractivity contribution is 0.456. The number of halogens is 1. The molecule has 0 saturated heterocycles. The Morgan fingerprint density at radius 1 is 1.26 bits per heavy atom. The van der Waals surface area contributed by atoms with E-state index in [2.05, 4.69) is 24.3 Å². The highest BCUT2D eigenvalue weighted by molar-refractivity contribution is 6.30. The third-order valence-electron chi connectivity index (χ3n) is 3.56. The number of rotatable bonds is 9. The van der Waals surface area contributed by atoms with Crippen LogP contribution in [-0.2, 0) is 13.5 Å². The van der Waals surface area contributed by atoms with Gasteiger partial charge in [-0.15, -0.1) is 0 Å². The summed E-state index contributed by atoms with van der Waals surface area (Å²) in [7, 11) is 1.91. The molecule has 0 bridgehead atoms. The molecule has 1 N–H and O–H groups in total. The highest BCUT2D eigenvalue weighted by atomic mass is 35.5. The second kappa shape index (κ2) is 8.60. The van der Waals surface area contributed by atoms with E-state index in [9.17, 15) is 0 Å². The molecule has 3 nitrogen and oxygen atoms in total. The van der Waals surface area contributed by atoms with Gasteiger partial charge in [-0.1, -0.05) is 44.7 Å². The number of unbranched alkanes of at least 4 members (excludes halogenated alkanes) is 2. The zero-order chi connectivity index (χ0) is 14.3. The minimum Gasteiger partial charge on any atom is -0.314 e. The molecule has 1 heterocycles. The number of nitrogens with zero attached hydrogens (tertiary/aromatic N) is 2. The smallest absolute Gasteiger partial charge is 0.130 e. The number of aromatic nitrogens is 2. The fourth-order valence-electron chi connectivity index (χ4n) is 2.42. The van der Waals surface area contributed by atoms with E-state index in [1.165, 1.54) is 37.7 Å². The fourth-order valence-corrected chi connectivity index (χ4v) is 2.67. The van der Waals surface area contributed by atoms with Crippen molar-refractivity contribution in [2.45, 2.75) is 65.3 Å². The minimum atomic E-state index is 0.520. The molecular formula is C15H28ClN3. The molecule has 0 aliphatic heterocycles. The van der Waals surface area contributed by atoms with Crippen LogP contribution in [0.1, 0.15) is 57.2 Å². The van der Waals surface area contributed by atoms with E-state index in [4.69, 9.17) is 11.6 Å². The molecule has 0 saturated carbocycles. The van der Waals surface area contributed by atoms with Gasteiger partial charge in [0.05, 0.1) is 5.69 Å². The SMILES string of the molecule is CCCCCC(Cc1c(C)nn(C)c1Cl)NCCC. The third kappa shape index (κ3) is 5.15. The molecular weight excluding hydrogens is 258 g/mol. The molecule has 1 atom stereocenters. The second-order valence-corrected chi connectivity index (χ2v) is 5.69. The van der Waals surface area contributed by atoms with Crippen molar-refractivity contribution >= 4 is 11.6 Å². The Morgan fingerprint density at radius 2 is 2.00 bits per heavy atom. The Morgan fingerprint density at radius 3 is 2.53 bits per heavy atom. The van der Waals surface area contributed by atoms with Crippen LogP contribution in [-0.4, -0.2) is 22.4 Å². The van der Waals surface area contributed by atoms with Crippen molar-refractivity contribution in [2.24, 2.45) is 7.05 Å². The van der Waals surface area contributed by atoms with Gasteiger partial charge in [0.15, 0.2) is 0 Å². The minimum absolute atomic E-state index is 0.520. The monoisotopic (exact) mass is 285 g/mol. The van der Waals surface area contributed by atoms with Crippen LogP contribution in [0.3, 0.4) is 0 Å². The molecule has 0 amide bonds. The first kappa shape index (κ1) is 16.5. The standard InChI is InChI=1S/C15H28ClN3/c1-5-7-8-9-13(17-10-6-2)11-14-12(3)18-19(4)15(14)16/h13,17H,5-11H2,1-4H3. The summed E-state index contributed by atoms with van der Waals surface area (Å²) in [6.07, 6.45) is 7.25. The summed E-state index contributed by atoms with van der Waals surface area (Å²) >= 11 is 6.33. The van der Waals surface area contributed by atoms with E-state index in [-0.39, 0.29) is 0 Å². The first-order valence-electron chi connectivity index (χ1n) is 7.51. The van der Waals surface area contributed by atoms with Crippen molar-refractivity contribution in [1.29, 1.82) is 0 Å². The Labute approximate surface area is 122 Å². The Kier molecular flexibility index (Phi) is 7.47. The molecule has 110 valence electrons. The number of hydrogen-bond acceptors (Lipinski definition) is 2. The van der Waals surface area contributed by atoms with Crippen LogP contribution in [0.2, 0.25) is 5.15 Å². The van der Waals surface area contributed by atoms with Crippen molar-refractivity contribution in [3.8, 4) is 0 Å². The van der Waals surface area contributed by atoms with Crippen molar-refractivity contribution in [3.05, 3.63) is 16.4 Å². The first-order chi connectivity index (χ1) is 9.10. The maximum Gasteiger partial charge on any atom is 0.130 e. The lowest BCUT2D eigenvalue weighted by atomic mass is 10.0. The predicted molar refractivity (Wildman–Crippen MR) is 82.9 cm³/mol. The van der Waals surface area contributed by atoms with Crippen LogP contribution in [0, 0.1) is 6.92 Å². The van der Waals surface area contributed by atoms with E-state index in [0.29, 0.717) is 6.04 Å². The average Bonchev–Trinajstić information content (AvgIpc) is 2.62. The first-order valence-corrected chi connectivity index (χ1v) is 7.89. The van der Waals surface area contributed by atoms with E-state index in [0.717, 1.165) is 23.8 Å². The average molecular weight is 286 g/mol. The van der Waals surface area contributed by atoms with E-state index in [1.54, 1.807) is 4.68 Å². The van der Waals surface area contributed by atoms with Crippen LogP contribution >= 0.6 is 11.6 Å². The summed E-state index contributed by atoms with van der Waals surface area (Å²) in [6.45, 7) is 7.58. The molecule has 1 rings (SSSR count). The largest absolute Gasteiger partial charge is 0.314 e. The molecule has 0 aliphatic rings. The molecule has 19 heavy (non-hydrogen) atoms. The Balaban J connectivity index is 2.64. The quantitative estimate of drug-likeness (QED) is 0.698. The lowest BCUT2D eigenvalue weighted by Crippen LogP contribution is -2.32. The van der Waals surface area contributed by atoms with Gasteiger partial charge in [0.2, 0.25) is 0 Å². The van der Waals surface area contributed by atoms with Crippen LogP contribution in [0.4, 0.5) is 0 Å². The molecule has 0 aromatic carbocycles. The molecule has 0 spiro atoms. The summed E-state index contributed by atoms with van der Waals surface area (Å²) in [5, 5.41) is 8.83. The van der Waals surface area contributed by atoms with Gasteiger partial charge < -0.3 is 5.32 Å². The predicted octanol–water partition coefficient (Wildman–Crippen LogP) is 3.87. The van der Waals surface area contributed by atoms with Gasteiger partial charge in [0.1, 0.15) is 5.15 Å². The molecule has 0 fully saturated rings. The van der Waals surface area contributed by atoms with Crippen LogP contribution in [0.25, 0.3) is 0 Å². The normalized spacial score (nSPS) is 12.9. The highest BCUT2D eigenvalue weighted by Gasteiger charge is 2.16. The molecule has 4 heteroatoms. The van der Waals surface area contributed by atoms with Gasteiger partial charge in [0.25, 0.3) is 0 Å². The van der Waals surface area contributed by atoms with Crippen LogP contribution in [0.5, 0.6) is 0 Å². The topological polar surface area (TPSA) is 29.9 Å². The summed E-state index contributed by atoms with van der Waals surface area (Å²) in [6, 6.07) is 0.520. The van der Waals surface area contributed by atoms with Gasteiger partial charge in [-0.2, -0.15) is 5.10 Å². The van der Waals surface area contributed by atoms with Gasteiger partial charge in [-0.05, 0) is 32.7 Å². The van der Waals surface area contributed by atoms with Crippen LogP contribution < -0.4 is 5.32 Å². The summed E-state index contributed by atoms with van der Waals surface area (Å²) in [4.78, 5) is 0. The van der Waals surface area contributed by atoms with E-state index in [1.807, 2.05) is 14.0 Å². The van der Waals surface area contributed by atoms with Gasteiger partial charge in [-0.25, -0.2) is 0 Å². The van der Waals surface area contributed by atoms with Gasteiger partial charge in [-0.3, -0.25) is 4.68 Å². The van der Waals surface area contributed by atoms with E-state index < -0.39 is 0 Å². The molecule has 1 aromatic heterocycles. The fraction of sp³-hybridized carbons (Fsp3) is 0.800. The number of hydrogen-bond donors (Lipinski definition) is 1. The number of aryl methyl sites for hydroxylation is 2. The van der Waals surface area contributed by atoms with E-state index >= 15 is 0 Å². The molecule has 0 radical (unpaired) electrons. The summed E-state index contributed by atoms with van der Waals surface area (Å²) in [5.74, 6) is 0. The maximum absolute atomic E-state index is 6.33. The molecule has 1 unspecified atom stereocenters. The highest BCUT2D eigenvalue weighted by Crippen LogP contribution is 2.21. The van der Waals surface area contributed by atoms with Crippen molar-refractivity contribution in [1.82, 2.24) is 15.1 Å². The summed E-state index contributed by atoms with van der Waals surface area (Å²) < 4.78 is 1.77. The zero-order valence-corrected chi connectivity index (χ0v) is 13.6. The second-order valence-electron chi connectivity index (χ2n) is 5.33. The third-order valence-corrected chi connectivity index (χ3v) is 4.03. The van der Waals surface area contributed by atoms with Crippen molar-refractivity contribution in [3.63, 3.8) is 0 Å². The lowest BCUT2D eigenvalue weighted by Gasteiger charge is -2.18. The van der Waals surface area contributed by atoms with Gasteiger partial charge >= 0.3 is 0 Å². The molecule has 0 aliphatic carbocycles. The zero-order valence-electron chi connectivity index (χ0n) is 12.8. The Bertz CT molecular complexity index is 374. The summed E-state index contributed by atoms with van der Waals surface area (Å²) in [5.41, 5.74) is 2.26. The van der Waals surface area contributed by atoms with Crippen molar-refractivity contribution in [2.75, 3.05) is 6.54 Å². The van der Waals surface area contributed by atoms with Crippen molar-refractivity contribution < 1.29 is 0 Å². The molecule has 1 aromatic rings. The Hall–Kier alpha value is -0.540. The maximum atomic E-state index is 6.33.